The van der Waals surface area contributed by atoms with Gasteiger partial charge in [-0.25, -0.2) is 4.98 Å². The fourth-order valence-corrected chi connectivity index (χ4v) is 1.60. The highest BCUT2D eigenvalue weighted by Gasteiger charge is 2.08. The largest absolute Gasteiger partial charge is 0.437 e. The second kappa shape index (κ2) is 5.23. The van der Waals surface area contributed by atoms with Crippen LogP contribution in [0.4, 0.5) is 5.69 Å². The molecule has 0 fully saturated rings. The number of hydrogen-bond acceptors (Lipinski definition) is 4. The van der Waals surface area contributed by atoms with E-state index in [1.807, 2.05) is 24.3 Å². The van der Waals surface area contributed by atoms with E-state index >= 15 is 0 Å². The van der Waals surface area contributed by atoms with Gasteiger partial charge in [0.2, 0.25) is 5.88 Å². The summed E-state index contributed by atoms with van der Waals surface area (Å²) in [6, 6.07) is 7.79. The lowest BCUT2D eigenvalue weighted by Gasteiger charge is -2.09. The van der Waals surface area contributed by atoms with Crippen molar-refractivity contribution in [3.63, 3.8) is 0 Å². The zero-order valence-electron chi connectivity index (χ0n) is 10.2. The van der Waals surface area contributed by atoms with Gasteiger partial charge < -0.3 is 10.5 Å². The molecule has 1 aromatic carbocycles. The van der Waals surface area contributed by atoms with Gasteiger partial charge in [-0.3, -0.25) is 0 Å². The molecule has 5 heteroatoms. The van der Waals surface area contributed by atoms with E-state index in [9.17, 15) is 0 Å². The quantitative estimate of drug-likeness (QED) is 0.859. The van der Waals surface area contributed by atoms with Crippen LogP contribution in [-0.2, 0) is 0 Å². The average molecular weight is 264 g/mol. The Morgan fingerprint density at radius 3 is 2.44 bits per heavy atom. The minimum absolute atomic E-state index is 0.193. The van der Waals surface area contributed by atoms with Gasteiger partial charge in [0, 0.05) is 0 Å². The van der Waals surface area contributed by atoms with E-state index < -0.39 is 0 Å². The fourth-order valence-electron chi connectivity index (χ4n) is 1.47. The van der Waals surface area contributed by atoms with Crippen LogP contribution >= 0.6 is 11.6 Å². The smallest absolute Gasteiger partial charge is 0.247 e. The molecule has 2 rings (SSSR count). The Kier molecular flexibility index (Phi) is 3.67. The lowest BCUT2D eigenvalue weighted by Crippen LogP contribution is -1.97. The van der Waals surface area contributed by atoms with Crippen molar-refractivity contribution >= 4 is 17.3 Å². The normalized spacial score (nSPS) is 10.7. The Labute approximate surface area is 111 Å². The Hall–Kier alpha value is -1.81. The number of benzene rings is 1. The van der Waals surface area contributed by atoms with Crippen molar-refractivity contribution in [3.05, 3.63) is 41.3 Å². The first kappa shape index (κ1) is 12.6. The van der Waals surface area contributed by atoms with Gasteiger partial charge in [0.15, 0.2) is 5.15 Å². The maximum Gasteiger partial charge on any atom is 0.247 e. The highest BCUT2D eigenvalue weighted by Crippen LogP contribution is 2.29. The van der Waals surface area contributed by atoms with E-state index in [1.165, 1.54) is 11.9 Å². The van der Waals surface area contributed by atoms with E-state index in [-0.39, 0.29) is 16.7 Å². The van der Waals surface area contributed by atoms with Crippen molar-refractivity contribution in [1.29, 1.82) is 0 Å². The van der Waals surface area contributed by atoms with Gasteiger partial charge in [-0.1, -0.05) is 37.6 Å². The van der Waals surface area contributed by atoms with Crippen LogP contribution in [0.5, 0.6) is 11.6 Å². The van der Waals surface area contributed by atoms with Crippen LogP contribution in [0.3, 0.4) is 0 Å². The SMILES string of the molecule is CC(C)c1ccc(Oc2ncnc(Cl)c2N)cc1. The molecule has 2 aromatic rings. The van der Waals surface area contributed by atoms with Gasteiger partial charge >= 0.3 is 0 Å². The molecule has 0 bridgehead atoms. The first-order valence-electron chi connectivity index (χ1n) is 5.61. The molecule has 4 nitrogen and oxygen atoms in total. The third-order valence-electron chi connectivity index (χ3n) is 2.56. The number of ether oxygens (including phenoxy) is 1. The number of aromatic nitrogens is 2. The molecule has 2 N–H and O–H groups in total. The lowest BCUT2D eigenvalue weighted by atomic mass is 10.0. The van der Waals surface area contributed by atoms with E-state index in [0.29, 0.717) is 11.7 Å². The fraction of sp³-hybridized carbons (Fsp3) is 0.231. The van der Waals surface area contributed by atoms with Crippen LogP contribution in [0.25, 0.3) is 0 Å². The summed E-state index contributed by atoms with van der Waals surface area (Å²) in [5.74, 6) is 1.42. The van der Waals surface area contributed by atoms with E-state index in [2.05, 4.69) is 23.8 Å². The third-order valence-corrected chi connectivity index (χ3v) is 2.86. The maximum atomic E-state index is 5.79. The van der Waals surface area contributed by atoms with Crippen molar-refractivity contribution in [2.75, 3.05) is 5.73 Å². The summed E-state index contributed by atoms with van der Waals surface area (Å²) in [6.07, 6.45) is 1.32. The highest BCUT2D eigenvalue weighted by atomic mass is 35.5. The van der Waals surface area contributed by atoms with Crippen LogP contribution in [0.1, 0.15) is 25.3 Å². The molecule has 0 spiro atoms. The van der Waals surface area contributed by atoms with Crippen molar-refractivity contribution in [1.82, 2.24) is 9.97 Å². The van der Waals surface area contributed by atoms with Crippen LogP contribution in [0.15, 0.2) is 30.6 Å². The monoisotopic (exact) mass is 263 g/mol. The summed E-state index contributed by atoms with van der Waals surface area (Å²) in [5, 5.41) is 0.193. The summed E-state index contributed by atoms with van der Waals surface area (Å²) in [7, 11) is 0. The Balaban J connectivity index is 2.21. The van der Waals surface area contributed by atoms with Crippen LogP contribution in [-0.4, -0.2) is 9.97 Å². The molecule has 0 saturated carbocycles. The van der Waals surface area contributed by atoms with Crippen LogP contribution < -0.4 is 10.5 Å². The highest BCUT2D eigenvalue weighted by molar-refractivity contribution is 6.32. The van der Waals surface area contributed by atoms with Crippen LogP contribution in [0.2, 0.25) is 5.15 Å². The second-order valence-corrected chi connectivity index (χ2v) is 4.57. The van der Waals surface area contributed by atoms with Crippen molar-refractivity contribution in [2.45, 2.75) is 19.8 Å². The van der Waals surface area contributed by atoms with Gasteiger partial charge in [0.25, 0.3) is 0 Å². The minimum atomic E-state index is 0.193. The summed E-state index contributed by atoms with van der Waals surface area (Å²) >= 11 is 5.79. The molecule has 0 saturated heterocycles. The lowest BCUT2D eigenvalue weighted by molar-refractivity contribution is 0.464. The maximum absolute atomic E-state index is 5.79. The van der Waals surface area contributed by atoms with Crippen molar-refractivity contribution in [2.24, 2.45) is 0 Å². The number of rotatable bonds is 3. The van der Waals surface area contributed by atoms with Crippen molar-refractivity contribution in [3.8, 4) is 11.6 Å². The number of anilines is 1. The molecule has 0 unspecified atom stereocenters. The number of nitrogens with two attached hydrogens (primary N) is 1. The molecular weight excluding hydrogens is 250 g/mol. The minimum Gasteiger partial charge on any atom is -0.437 e. The summed E-state index contributed by atoms with van der Waals surface area (Å²) < 4.78 is 5.56. The molecule has 0 amide bonds. The Morgan fingerprint density at radius 2 is 1.83 bits per heavy atom. The summed E-state index contributed by atoms with van der Waals surface area (Å²) in [5.41, 5.74) is 7.22. The predicted octanol–water partition coefficient (Wildman–Crippen LogP) is 3.63. The molecule has 0 atom stereocenters. The number of halogens is 1. The molecular formula is C13H14ClN3O. The summed E-state index contributed by atoms with van der Waals surface area (Å²) in [6.45, 7) is 4.27. The van der Waals surface area contributed by atoms with Gasteiger partial charge in [-0.15, -0.1) is 0 Å². The third kappa shape index (κ3) is 2.71. The first-order valence-corrected chi connectivity index (χ1v) is 5.99. The number of nitrogen functional groups attached to an aromatic ring is 1. The van der Waals surface area contributed by atoms with E-state index in [4.69, 9.17) is 22.1 Å². The predicted molar refractivity (Wildman–Crippen MR) is 72.1 cm³/mol. The van der Waals surface area contributed by atoms with Crippen LogP contribution in [0, 0.1) is 0 Å². The molecule has 0 aliphatic carbocycles. The van der Waals surface area contributed by atoms with E-state index in [1.54, 1.807) is 0 Å². The molecule has 1 heterocycles. The zero-order chi connectivity index (χ0) is 13.1. The number of hydrogen-bond donors (Lipinski definition) is 1. The van der Waals surface area contributed by atoms with Crippen molar-refractivity contribution < 1.29 is 4.74 Å². The Bertz CT molecular complexity index is 540. The molecule has 94 valence electrons. The standard InChI is InChI=1S/C13H14ClN3O/c1-8(2)9-3-5-10(6-4-9)18-13-11(15)12(14)16-7-17-13/h3-8H,15H2,1-2H3. The van der Waals surface area contributed by atoms with Gasteiger partial charge in [-0.05, 0) is 23.6 Å². The molecule has 0 radical (unpaired) electrons. The number of nitrogens with zero attached hydrogens (tertiary/aromatic N) is 2. The van der Waals surface area contributed by atoms with E-state index in [0.717, 1.165) is 0 Å². The van der Waals surface area contributed by atoms with Gasteiger partial charge in [0.1, 0.15) is 17.8 Å². The second-order valence-electron chi connectivity index (χ2n) is 4.21. The molecule has 0 aliphatic heterocycles. The zero-order valence-corrected chi connectivity index (χ0v) is 11.0. The summed E-state index contributed by atoms with van der Waals surface area (Å²) in [4.78, 5) is 7.72. The first-order chi connectivity index (χ1) is 8.58. The Morgan fingerprint density at radius 1 is 1.17 bits per heavy atom. The molecule has 1 aromatic heterocycles. The van der Waals surface area contributed by atoms with Gasteiger partial charge in [-0.2, -0.15) is 4.98 Å². The molecule has 0 aliphatic rings. The topological polar surface area (TPSA) is 61.0 Å². The average Bonchev–Trinajstić information content (AvgIpc) is 2.36. The molecule has 18 heavy (non-hydrogen) atoms. The van der Waals surface area contributed by atoms with Gasteiger partial charge in [0.05, 0.1) is 0 Å².